The maximum absolute atomic E-state index is 12.5. The number of nitrogens with one attached hydrogen (secondary N) is 1. The van der Waals surface area contributed by atoms with Crippen LogP contribution < -0.4 is 15.9 Å². The lowest BCUT2D eigenvalue weighted by Gasteiger charge is -2.17. The van der Waals surface area contributed by atoms with Crippen molar-refractivity contribution in [1.29, 1.82) is 0 Å². The zero-order chi connectivity index (χ0) is 19.4. The van der Waals surface area contributed by atoms with Crippen LogP contribution in [0.3, 0.4) is 0 Å². The van der Waals surface area contributed by atoms with E-state index in [0.29, 0.717) is 13.0 Å². The lowest BCUT2D eigenvalue weighted by Crippen LogP contribution is -2.36. The number of hydrogen-bond donors (Lipinski definition) is 1. The van der Waals surface area contributed by atoms with Crippen LogP contribution in [0.5, 0.6) is 0 Å². The van der Waals surface area contributed by atoms with Crippen LogP contribution in [-0.4, -0.2) is 18.4 Å². The number of hydrogen-bond acceptors (Lipinski definition) is 2. The van der Waals surface area contributed by atoms with Crippen molar-refractivity contribution in [2.45, 2.75) is 39.5 Å². The largest absolute Gasteiger partial charge is 0.356 e. The van der Waals surface area contributed by atoms with E-state index in [1.54, 1.807) is 0 Å². The number of carbonyl (C=O) groups excluding carboxylic acids is 2. The molecule has 0 radical (unpaired) electrons. The first kappa shape index (κ1) is 19.0. The van der Waals surface area contributed by atoms with Crippen LogP contribution in [0.25, 0.3) is 6.08 Å². The van der Waals surface area contributed by atoms with Gasteiger partial charge in [0.05, 0.1) is 17.2 Å². The van der Waals surface area contributed by atoms with Gasteiger partial charge in [-0.25, -0.2) is 4.99 Å². The average Bonchev–Trinajstić information content (AvgIpc) is 2.65. The fourth-order valence-electron chi connectivity index (χ4n) is 3.48. The zero-order valence-corrected chi connectivity index (χ0v) is 16.2. The molecule has 1 N–H and O–H groups in total. The van der Waals surface area contributed by atoms with Crippen molar-refractivity contribution in [2.24, 2.45) is 10.9 Å². The second kappa shape index (κ2) is 8.30. The summed E-state index contributed by atoms with van der Waals surface area (Å²) in [7, 11) is 0. The van der Waals surface area contributed by atoms with E-state index in [2.05, 4.69) is 23.3 Å². The number of aryl methyl sites for hydroxylation is 2. The number of fused-ring (bicyclic) bond motifs is 1. The molecule has 0 bridgehead atoms. The average molecular weight is 362 g/mol. The van der Waals surface area contributed by atoms with Crippen molar-refractivity contribution < 1.29 is 9.59 Å². The molecule has 2 atom stereocenters. The smallest absolute Gasteiger partial charge is 0.253 e. The standard InChI is InChI=1S/C23H26N2O2/c1-4-20(17-8-6-5-7-9-17)23(27)24-11-10-18-14-19-12-15(2)16(3)13-21(19)25-22(18)26/h5-9,12-14,18,20H,4,10-11H2,1-3H3,(H,24,27). The summed E-state index contributed by atoms with van der Waals surface area (Å²) >= 11 is 0. The molecule has 0 saturated heterocycles. The molecule has 0 fully saturated rings. The van der Waals surface area contributed by atoms with Gasteiger partial charge in [-0.2, -0.15) is 0 Å². The minimum absolute atomic E-state index is 0.00997. The van der Waals surface area contributed by atoms with Gasteiger partial charge in [0.25, 0.3) is 5.91 Å². The molecule has 0 spiro atoms. The molecule has 2 unspecified atom stereocenters. The van der Waals surface area contributed by atoms with Crippen molar-refractivity contribution in [3.8, 4) is 0 Å². The highest BCUT2D eigenvalue weighted by atomic mass is 16.2. The van der Waals surface area contributed by atoms with Gasteiger partial charge in [0.1, 0.15) is 0 Å². The zero-order valence-electron chi connectivity index (χ0n) is 16.2. The van der Waals surface area contributed by atoms with Crippen molar-refractivity contribution in [3.05, 3.63) is 69.7 Å². The molecule has 4 nitrogen and oxygen atoms in total. The Kier molecular flexibility index (Phi) is 5.84. The normalized spacial score (nSPS) is 16.7. The molecule has 27 heavy (non-hydrogen) atoms. The van der Waals surface area contributed by atoms with Crippen LogP contribution in [0.4, 0.5) is 0 Å². The lowest BCUT2D eigenvalue weighted by molar-refractivity contribution is -0.123. The third kappa shape index (κ3) is 4.33. The van der Waals surface area contributed by atoms with Crippen LogP contribution in [0.2, 0.25) is 0 Å². The van der Waals surface area contributed by atoms with Gasteiger partial charge in [-0.1, -0.05) is 43.3 Å². The maximum Gasteiger partial charge on any atom is 0.253 e. The van der Waals surface area contributed by atoms with Crippen molar-refractivity contribution in [3.63, 3.8) is 0 Å². The third-order valence-electron chi connectivity index (χ3n) is 5.25. The first-order chi connectivity index (χ1) is 13.0. The van der Waals surface area contributed by atoms with Crippen LogP contribution >= 0.6 is 0 Å². The highest BCUT2D eigenvalue weighted by Crippen LogP contribution is 2.19. The Morgan fingerprint density at radius 3 is 2.56 bits per heavy atom. The van der Waals surface area contributed by atoms with E-state index >= 15 is 0 Å². The highest BCUT2D eigenvalue weighted by molar-refractivity contribution is 5.86. The summed E-state index contributed by atoms with van der Waals surface area (Å²) < 4.78 is 0. The predicted octanol–water partition coefficient (Wildman–Crippen LogP) is 2.56. The van der Waals surface area contributed by atoms with Gasteiger partial charge in [0.2, 0.25) is 5.91 Å². The van der Waals surface area contributed by atoms with Crippen molar-refractivity contribution in [1.82, 2.24) is 5.32 Å². The second-order valence-corrected chi connectivity index (χ2v) is 7.17. The molecule has 140 valence electrons. The molecule has 0 saturated carbocycles. The topological polar surface area (TPSA) is 58.5 Å². The summed E-state index contributed by atoms with van der Waals surface area (Å²) in [6, 6.07) is 13.8. The Morgan fingerprint density at radius 1 is 1.15 bits per heavy atom. The summed E-state index contributed by atoms with van der Waals surface area (Å²) in [5, 5.41) is 4.74. The molecule has 0 aromatic heterocycles. The number of rotatable bonds is 6. The Balaban J connectivity index is 1.65. The SMILES string of the molecule is CCC(C(=O)NCCC1C=c2cc(C)c(C)cc2=NC1=O)c1ccccc1. The quantitative estimate of drug-likeness (QED) is 0.859. The number of benzene rings is 2. The molecule has 2 amide bonds. The van der Waals surface area contributed by atoms with Gasteiger partial charge in [-0.3, -0.25) is 9.59 Å². The molecule has 4 heteroatoms. The van der Waals surface area contributed by atoms with E-state index in [1.807, 2.05) is 56.3 Å². The maximum atomic E-state index is 12.5. The first-order valence-corrected chi connectivity index (χ1v) is 9.54. The van der Waals surface area contributed by atoms with E-state index in [4.69, 9.17) is 0 Å². The van der Waals surface area contributed by atoms with Gasteiger partial charge in [-0.05, 0) is 60.7 Å². The fraction of sp³-hybridized carbons (Fsp3) is 0.348. The Hall–Kier alpha value is -2.75. The summed E-state index contributed by atoms with van der Waals surface area (Å²) in [5.41, 5.74) is 3.35. The molecule has 1 heterocycles. The van der Waals surface area contributed by atoms with E-state index in [1.165, 1.54) is 5.56 Å². The Bertz CT molecular complexity index is 964. The van der Waals surface area contributed by atoms with Gasteiger partial charge in [-0.15, -0.1) is 0 Å². The number of carbonyl (C=O) groups is 2. The predicted molar refractivity (Wildman–Crippen MR) is 107 cm³/mol. The van der Waals surface area contributed by atoms with Crippen molar-refractivity contribution >= 4 is 17.9 Å². The van der Waals surface area contributed by atoms with E-state index in [-0.39, 0.29) is 23.7 Å². The Labute approximate surface area is 160 Å². The highest BCUT2D eigenvalue weighted by Gasteiger charge is 2.21. The third-order valence-corrected chi connectivity index (χ3v) is 5.25. The summed E-state index contributed by atoms with van der Waals surface area (Å²) in [6.07, 6.45) is 3.29. The van der Waals surface area contributed by atoms with Gasteiger partial charge >= 0.3 is 0 Å². The molecular weight excluding hydrogens is 336 g/mol. The van der Waals surface area contributed by atoms with Crippen LogP contribution in [0, 0.1) is 19.8 Å². The second-order valence-electron chi connectivity index (χ2n) is 7.17. The van der Waals surface area contributed by atoms with E-state index < -0.39 is 0 Å². The monoisotopic (exact) mass is 362 g/mol. The van der Waals surface area contributed by atoms with E-state index in [0.717, 1.165) is 28.1 Å². The van der Waals surface area contributed by atoms with Crippen LogP contribution in [0.15, 0.2) is 47.5 Å². The minimum Gasteiger partial charge on any atom is -0.356 e. The summed E-state index contributed by atoms with van der Waals surface area (Å²) in [5.74, 6) is -0.559. The van der Waals surface area contributed by atoms with Crippen LogP contribution in [-0.2, 0) is 9.59 Å². The Morgan fingerprint density at radius 2 is 1.85 bits per heavy atom. The molecule has 2 aromatic carbocycles. The number of amides is 2. The fourth-order valence-corrected chi connectivity index (χ4v) is 3.48. The van der Waals surface area contributed by atoms with Crippen molar-refractivity contribution in [2.75, 3.05) is 6.54 Å². The van der Waals surface area contributed by atoms with Gasteiger partial charge in [0, 0.05) is 6.54 Å². The van der Waals surface area contributed by atoms with Crippen LogP contribution in [0.1, 0.15) is 42.4 Å². The molecule has 2 aromatic rings. The molecule has 3 rings (SSSR count). The van der Waals surface area contributed by atoms with Gasteiger partial charge in [0.15, 0.2) is 0 Å². The summed E-state index contributed by atoms with van der Waals surface area (Å²) in [6.45, 7) is 6.55. The lowest BCUT2D eigenvalue weighted by atomic mass is 9.95. The molecule has 1 aliphatic heterocycles. The van der Waals surface area contributed by atoms with Gasteiger partial charge < -0.3 is 5.32 Å². The summed E-state index contributed by atoms with van der Waals surface area (Å²) in [4.78, 5) is 29.1. The molecule has 0 aliphatic carbocycles. The minimum atomic E-state index is -0.281. The number of nitrogens with zero attached hydrogens (tertiary/aromatic N) is 1. The molecule has 1 aliphatic rings. The first-order valence-electron chi connectivity index (χ1n) is 9.54. The van der Waals surface area contributed by atoms with E-state index in [9.17, 15) is 9.59 Å². The molecular formula is C23H26N2O2.